The van der Waals surface area contributed by atoms with Gasteiger partial charge in [0.05, 0.1) is 24.8 Å². The Morgan fingerprint density at radius 1 is 1.27 bits per heavy atom. The summed E-state index contributed by atoms with van der Waals surface area (Å²) >= 11 is 3.43. The predicted molar refractivity (Wildman–Crippen MR) is 83.2 cm³/mol. The molecule has 1 aromatic heterocycles. The van der Waals surface area contributed by atoms with Crippen LogP contribution in [0.5, 0.6) is 11.5 Å². The molecule has 0 aliphatic carbocycles. The molecule has 0 saturated carbocycles. The Labute approximate surface area is 136 Å². The van der Waals surface area contributed by atoms with Gasteiger partial charge in [-0.3, -0.25) is 0 Å². The molecule has 2 aromatic rings. The Hall–Kier alpha value is -2.09. The predicted octanol–water partition coefficient (Wildman–Crippen LogP) is 2.82. The third-order valence-corrected chi connectivity index (χ3v) is 3.39. The molecule has 0 saturated heterocycles. The second-order valence-electron chi connectivity index (χ2n) is 4.16. The van der Waals surface area contributed by atoms with Gasteiger partial charge in [-0.05, 0) is 41.9 Å². The Kier molecular flexibility index (Phi) is 5.37. The lowest BCUT2D eigenvalue weighted by molar-refractivity contribution is 0.0520. The number of aromatic nitrogens is 3. The lowest BCUT2D eigenvalue weighted by atomic mass is 10.1. The van der Waals surface area contributed by atoms with Gasteiger partial charge < -0.3 is 14.2 Å². The second-order valence-corrected chi connectivity index (χ2v) is 5.02. The highest BCUT2D eigenvalue weighted by Crippen LogP contribution is 2.39. The molecule has 0 aliphatic heterocycles. The average Bonchev–Trinajstić information content (AvgIpc) is 2.97. The molecule has 0 amide bonds. The zero-order valence-electron chi connectivity index (χ0n) is 12.5. The average molecular weight is 370 g/mol. The molecule has 1 aromatic carbocycles. The minimum Gasteiger partial charge on any atom is -0.492 e. The van der Waals surface area contributed by atoms with E-state index in [2.05, 4.69) is 31.3 Å². The van der Waals surface area contributed by atoms with Crippen LogP contribution in [-0.2, 0) is 4.74 Å². The molecule has 2 rings (SSSR count). The molecule has 0 atom stereocenters. The van der Waals surface area contributed by atoms with Crippen LogP contribution in [0.4, 0.5) is 0 Å². The maximum Gasteiger partial charge on any atom is 0.361 e. The van der Waals surface area contributed by atoms with E-state index in [0.717, 1.165) is 0 Å². The molecule has 118 valence electrons. The molecule has 0 bridgehead atoms. The number of methoxy groups -OCH3 is 1. The van der Waals surface area contributed by atoms with Crippen molar-refractivity contribution in [1.29, 1.82) is 0 Å². The molecule has 0 fully saturated rings. The molecule has 22 heavy (non-hydrogen) atoms. The minimum atomic E-state index is -0.531. The fourth-order valence-electron chi connectivity index (χ4n) is 1.94. The van der Waals surface area contributed by atoms with Crippen LogP contribution >= 0.6 is 15.9 Å². The summed E-state index contributed by atoms with van der Waals surface area (Å²) in [6.07, 6.45) is 0. The monoisotopic (exact) mass is 369 g/mol. The van der Waals surface area contributed by atoms with Crippen molar-refractivity contribution < 1.29 is 19.0 Å². The Morgan fingerprint density at radius 2 is 2.05 bits per heavy atom. The van der Waals surface area contributed by atoms with Crippen LogP contribution in [0.1, 0.15) is 24.3 Å². The van der Waals surface area contributed by atoms with Gasteiger partial charge in [0.25, 0.3) is 0 Å². The molecule has 7 nitrogen and oxygen atoms in total. The number of hydrogen-bond acceptors (Lipinski definition) is 6. The second kappa shape index (κ2) is 7.26. The van der Waals surface area contributed by atoms with Gasteiger partial charge in [0.2, 0.25) is 0 Å². The van der Waals surface area contributed by atoms with Crippen LogP contribution in [0.25, 0.3) is 11.3 Å². The van der Waals surface area contributed by atoms with Gasteiger partial charge >= 0.3 is 5.97 Å². The summed E-state index contributed by atoms with van der Waals surface area (Å²) in [7, 11) is 1.56. The van der Waals surface area contributed by atoms with Crippen molar-refractivity contribution in [3.63, 3.8) is 0 Å². The zero-order chi connectivity index (χ0) is 16.1. The molecular formula is C14H16BrN3O4. The minimum absolute atomic E-state index is 0.126. The maximum absolute atomic E-state index is 11.9. The maximum atomic E-state index is 11.9. The number of rotatable bonds is 6. The van der Waals surface area contributed by atoms with Crippen LogP contribution < -0.4 is 9.47 Å². The number of esters is 1. The van der Waals surface area contributed by atoms with Crippen molar-refractivity contribution in [2.45, 2.75) is 13.8 Å². The van der Waals surface area contributed by atoms with Crippen molar-refractivity contribution in [1.82, 2.24) is 15.4 Å². The van der Waals surface area contributed by atoms with E-state index in [0.29, 0.717) is 33.8 Å². The van der Waals surface area contributed by atoms with E-state index in [4.69, 9.17) is 14.2 Å². The summed E-state index contributed by atoms with van der Waals surface area (Å²) in [4.78, 5) is 11.9. The summed E-state index contributed by atoms with van der Waals surface area (Å²) in [5.74, 6) is 0.593. The number of carbonyl (C=O) groups is 1. The Balaban J connectivity index is 2.50. The van der Waals surface area contributed by atoms with E-state index >= 15 is 0 Å². The van der Waals surface area contributed by atoms with Crippen molar-refractivity contribution in [3.8, 4) is 22.8 Å². The fourth-order valence-corrected chi connectivity index (χ4v) is 2.54. The van der Waals surface area contributed by atoms with Gasteiger partial charge in [0, 0.05) is 5.56 Å². The molecule has 0 aliphatic rings. The van der Waals surface area contributed by atoms with E-state index in [9.17, 15) is 4.79 Å². The summed E-state index contributed by atoms with van der Waals surface area (Å²) in [6.45, 7) is 4.35. The van der Waals surface area contributed by atoms with Gasteiger partial charge in [0.15, 0.2) is 17.2 Å². The molecule has 0 spiro atoms. The highest BCUT2D eigenvalue weighted by atomic mass is 79.9. The SMILES string of the molecule is CCOC(=O)c1n[nH]nc1-c1cc(Br)c(OC)c(OCC)c1. The lowest BCUT2D eigenvalue weighted by Gasteiger charge is -2.12. The normalized spacial score (nSPS) is 10.4. The smallest absolute Gasteiger partial charge is 0.361 e. The van der Waals surface area contributed by atoms with E-state index in [-0.39, 0.29) is 12.3 Å². The van der Waals surface area contributed by atoms with E-state index in [1.807, 2.05) is 6.92 Å². The van der Waals surface area contributed by atoms with Crippen molar-refractivity contribution in [2.75, 3.05) is 20.3 Å². The standard InChI is InChI=1S/C14H16BrN3O4/c1-4-21-10-7-8(6-9(15)13(10)20-3)11-12(17-18-16-11)14(19)22-5-2/h6-7H,4-5H2,1-3H3,(H,16,17,18). The van der Waals surface area contributed by atoms with Gasteiger partial charge in [0.1, 0.15) is 5.69 Å². The third-order valence-electron chi connectivity index (χ3n) is 2.80. The van der Waals surface area contributed by atoms with E-state index in [1.54, 1.807) is 26.2 Å². The van der Waals surface area contributed by atoms with Gasteiger partial charge in [-0.25, -0.2) is 4.79 Å². The quantitative estimate of drug-likeness (QED) is 0.787. The lowest BCUT2D eigenvalue weighted by Crippen LogP contribution is -2.07. The highest BCUT2D eigenvalue weighted by Gasteiger charge is 2.21. The molecular weight excluding hydrogens is 354 g/mol. The Morgan fingerprint density at radius 3 is 2.68 bits per heavy atom. The van der Waals surface area contributed by atoms with Crippen LogP contribution in [-0.4, -0.2) is 41.7 Å². The van der Waals surface area contributed by atoms with Crippen LogP contribution in [0.2, 0.25) is 0 Å². The molecule has 0 radical (unpaired) electrons. The number of hydrogen-bond donors (Lipinski definition) is 1. The summed E-state index contributed by atoms with van der Waals surface area (Å²) < 4.78 is 16.5. The van der Waals surface area contributed by atoms with Crippen molar-refractivity contribution >= 4 is 21.9 Å². The number of nitrogens with zero attached hydrogens (tertiary/aromatic N) is 2. The number of ether oxygens (including phenoxy) is 3. The van der Waals surface area contributed by atoms with Gasteiger partial charge in [-0.1, -0.05) is 0 Å². The van der Waals surface area contributed by atoms with Crippen LogP contribution in [0.3, 0.4) is 0 Å². The fraction of sp³-hybridized carbons (Fsp3) is 0.357. The number of benzene rings is 1. The molecule has 8 heteroatoms. The number of nitrogens with one attached hydrogen (secondary N) is 1. The largest absolute Gasteiger partial charge is 0.492 e. The third kappa shape index (κ3) is 3.22. The van der Waals surface area contributed by atoms with E-state index in [1.165, 1.54) is 0 Å². The van der Waals surface area contributed by atoms with Crippen molar-refractivity contribution in [2.24, 2.45) is 0 Å². The molecule has 0 unspecified atom stereocenters. The highest BCUT2D eigenvalue weighted by molar-refractivity contribution is 9.10. The van der Waals surface area contributed by atoms with Gasteiger partial charge in [-0.2, -0.15) is 10.3 Å². The number of H-pyrrole nitrogens is 1. The Bertz CT molecular complexity index is 672. The summed E-state index contributed by atoms with van der Waals surface area (Å²) in [6, 6.07) is 3.52. The van der Waals surface area contributed by atoms with E-state index < -0.39 is 5.97 Å². The summed E-state index contributed by atoms with van der Waals surface area (Å²) in [5, 5.41) is 10.3. The molecule has 1 heterocycles. The topological polar surface area (TPSA) is 86.3 Å². The molecule has 1 N–H and O–H groups in total. The zero-order valence-corrected chi connectivity index (χ0v) is 14.1. The number of aromatic amines is 1. The van der Waals surface area contributed by atoms with Gasteiger partial charge in [-0.15, -0.1) is 5.10 Å². The van der Waals surface area contributed by atoms with Crippen molar-refractivity contribution in [3.05, 3.63) is 22.3 Å². The number of carbonyl (C=O) groups excluding carboxylic acids is 1. The summed E-state index contributed by atoms with van der Waals surface area (Å²) in [5.41, 5.74) is 1.18. The first-order valence-corrected chi connectivity index (χ1v) is 7.50. The first-order valence-electron chi connectivity index (χ1n) is 6.70. The first-order chi connectivity index (χ1) is 10.6. The number of halogens is 1. The van der Waals surface area contributed by atoms with Crippen LogP contribution in [0.15, 0.2) is 16.6 Å². The first kappa shape index (κ1) is 16.3. The van der Waals surface area contributed by atoms with Crippen LogP contribution in [0, 0.1) is 0 Å².